The smallest absolute Gasteiger partial charge is 0.251 e. The number of rotatable bonds is 3. The molecule has 0 saturated heterocycles. The zero-order valence-corrected chi connectivity index (χ0v) is 11.5. The van der Waals surface area contributed by atoms with Crippen LogP contribution in [0.2, 0.25) is 5.02 Å². The molecule has 0 bridgehead atoms. The first kappa shape index (κ1) is 14.2. The maximum Gasteiger partial charge on any atom is 0.251 e. The van der Waals surface area contributed by atoms with E-state index in [1.807, 2.05) is 0 Å². The van der Waals surface area contributed by atoms with Crippen LogP contribution in [0.4, 0.5) is 5.69 Å². The van der Waals surface area contributed by atoms with Gasteiger partial charge in [-0.1, -0.05) is 24.4 Å². The van der Waals surface area contributed by atoms with Crippen LogP contribution in [0, 0.1) is 5.92 Å². The summed E-state index contributed by atoms with van der Waals surface area (Å²) >= 11 is 5.81. The standard InChI is InChI=1S/C14H19ClN2O2/c15-11-6-5-9(7-12(11)16)14(19)17-8-10-3-1-2-4-13(10)18/h5-7,10,13,18H,1-4,8,16H2,(H,17,19). The zero-order valence-electron chi connectivity index (χ0n) is 10.7. The summed E-state index contributed by atoms with van der Waals surface area (Å²) in [6.07, 6.45) is 3.67. The summed E-state index contributed by atoms with van der Waals surface area (Å²) in [5, 5.41) is 13.1. The summed E-state index contributed by atoms with van der Waals surface area (Å²) in [6, 6.07) is 4.82. The Labute approximate surface area is 117 Å². The number of carbonyl (C=O) groups excluding carboxylic acids is 1. The molecule has 2 unspecified atom stereocenters. The summed E-state index contributed by atoms with van der Waals surface area (Å²) in [6.45, 7) is 0.503. The van der Waals surface area contributed by atoms with E-state index in [1.54, 1.807) is 18.2 Å². The lowest BCUT2D eigenvalue weighted by molar-refractivity contribution is 0.0663. The third-order valence-corrected chi connectivity index (χ3v) is 4.00. The predicted molar refractivity (Wildman–Crippen MR) is 76.2 cm³/mol. The molecule has 1 aliphatic rings. The minimum Gasteiger partial charge on any atom is -0.398 e. The van der Waals surface area contributed by atoms with Crippen molar-refractivity contribution < 1.29 is 9.90 Å². The van der Waals surface area contributed by atoms with E-state index in [4.69, 9.17) is 17.3 Å². The van der Waals surface area contributed by atoms with Gasteiger partial charge in [0.1, 0.15) is 0 Å². The Hall–Kier alpha value is -1.26. The molecule has 0 heterocycles. The average molecular weight is 283 g/mol. The van der Waals surface area contributed by atoms with Crippen molar-refractivity contribution >= 4 is 23.2 Å². The van der Waals surface area contributed by atoms with Gasteiger partial charge in [0.15, 0.2) is 0 Å². The summed E-state index contributed by atoms with van der Waals surface area (Å²) in [5.74, 6) is -0.0245. The summed E-state index contributed by atoms with van der Waals surface area (Å²) in [7, 11) is 0. The molecular weight excluding hydrogens is 264 g/mol. The van der Waals surface area contributed by atoms with E-state index in [-0.39, 0.29) is 17.9 Å². The van der Waals surface area contributed by atoms with Gasteiger partial charge in [-0.2, -0.15) is 0 Å². The van der Waals surface area contributed by atoms with Crippen LogP contribution in [0.1, 0.15) is 36.0 Å². The number of aliphatic hydroxyl groups is 1. The molecular formula is C14H19ClN2O2. The molecule has 4 N–H and O–H groups in total. The van der Waals surface area contributed by atoms with Crippen LogP contribution in [0.15, 0.2) is 18.2 Å². The lowest BCUT2D eigenvalue weighted by atomic mass is 9.86. The van der Waals surface area contributed by atoms with E-state index in [9.17, 15) is 9.90 Å². The Morgan fingerprint density at radius 1 is 1.42 bits per heavy atom. The van der Waals surface area contributed by atoms with E-state index < -0.39 is 0 Å². The molecule has 1 saturated carbocycles. The number of aliphatic hydroxyl groups excluding tert-OH is 1. The number of anilines is 1. The molecule has 104 valence electrons. The molecule has 0 aromatic heterocycles. The molecule has 0 radical (unpaired) electrons. The van der Waals surface area contributed by atoms with Crippen LogP contribution in [0.3, 0.4) is 0 Å². The Bertz CT molecular complexity index is 465. The summed E-state index contributed by atoms with van der Waals surface area (Å²) < 4.78 is 0. The van der Waals surface area contributed by atoms with Crippen molar-refractivity contribution in [3.05, 3.63) is 28.8 Å². The first-order chi connectivity index (χ1) is 9.08. The maximum absolute atomic E-state index is 12.0. The highest BCUT2D eigenvalue weighted by molar-refractivity contribution is 6.33. The van der Waals surface area contributed by atoms with Gasteiger partial charge in [0, 0.05) is 18.0 Å². The lowest BCUT2D eigenvalue weighted by Crippen LogP contribution is -2.36. The van der Waals surface area contributed by atoms with Crippen LogP contribution < -0.4 is 11.1 Å². The first-order valence-electron chi connectivity index (χ1n) is 6.59. The van der Waals surface area contributed by atoms with Gasteiger partial charge in [-0.15, -0.1) is 0 Å². The molecule has 4 nitrogen and oxygen atoms in total. The third kappa shape index (κ3) is 3.61. The van der Waals surface area contributed by atoms with Crippen LogP contribution >= 0.6 is 11.6 Å². The molecule has 1 amide bonds. The largest absolute Gasteiger partial charge is 0.398 e. The van der Waals surface area contributed by atoms with Crippen molar-refractivity contribution in [2.75, 3.05) is 12.3 Å². The molecule has 19 heavy (non-hydrogen) atoms. The van der Waals surface area contributed by atoms with Crippen molar-refractivity contribution in [2.45, 2.75) is 31.8 Å². The van der Waals surface area contributed by atoms with E-state index >= 15 is 0 Å². The molecule has 5 heteroatoms. The fourth-order valence-electron chi connectivity index (χ4n) is 2.44. The number of nitrogen functional groups attached to an aromatic ring is 1. The molecule has 1 aromatic carbocycles. The van der Waals surface area contributed by atoms with Gasteiger partial charge in [0.25, 0.3) is 5.91 Å². The second kappa shape index (κ2) is 6.26. The number of halogens is 1. The van der Waals surface area contributed by atoms with Gasteiger partial charge in [-0.25, -0.2) is 0 Å². The van der Waals surface area contributed by atoms with Crippen molar-refractivity contribution in [2.24, 2.45) is 5.92 Å². The van der Waals surface area contributed by atoms with Gasteiger partial charge in [0.05, 0.1) is 16.8 Å². The minimum absolute atomic E-state index is 0.155. The lowest BCUT2D eigenvalue weighted by Gasteiger charge is -2.27. The van der Waals surface area contributed by atoms with Crippen LogP contribution in [0.25, 0.3) is 0 Å². The number of nitrogens with one attached hydrogen (secondary N) is 1. The van der Waals surface area contributed by atoms with Crippen LogP contribution in [-0.2, 0) is 0 Å². The van der Waals surface area contributed by atoms with Crippen molar-refractivity contribution in [1.82, 2.24) is 5.32 Å². The zero-order chi connectivity index (χ0) is 13.8. The highest BCUT2D eigenvalue weighted by atomic mass is 35.5. The van der Waals surface area contributed by atoms with Gasteiger partial charge >= 0.3 is 0 Å². The highest BCUT2D eigenvalue weighted by Crippen LogP contribution is 2.24. The van der Waals surface area contributed by atoms with Crippen molar-refractivity contribution in [3.63, 3.8) is 0 Å². The quantitative estimate of drug-likeness (QED) is 0.744. The first-order valence-corrected chi connectivity index (χ1v) is 6.97. The molecule has 1 aromatic rings. The minimum atomic E-state index is -0.302. The van der Waals surface area contributed by atoms with Gasteiger partial charge < -0.3 is 16.2 Å². The fraction of sp³-hybridized carbons (Fsp3) is 0.500. The number of carbonyl (C=O) groups is 1. The number of nitrogens with two attached hydrogens (primary N) is 1. The van der Waals surface area contributed by atoms with E-state index in [1.165, 1.54) is 0 Å². The highest BCUT2D eigenvalue weighted by Gasteiger charge is 2.23. The predicted octanol–water partition coefficient (Wildman–Crippen LogP) is 2.20. The number of hydrogen-bond acceptors (Lipinski definition) is 3. The normalized spacial score (nSPS) is 23.1. The average Bonchev–Trinajstić information content (AvgIpc) is 2.40. The van der Waals surface area contributed by atoms with E-state index in [0.29, 0.717) is 22.8 Å². The van der Waals surface area contributed by atoms with Crippen molar-refractivity contribution in [1.29, 1.82) is 0 Å². The van der Waals surface area contributed by atoms with Gasteiger partial charge in [0.2, 0.25) is 0 Å². The van der Waals surface area contributed by atoms with Crippen LogP contribution in [-0.4, -0.2) is 23.7 Å². The maximum atomic E-state index is 12.0. The second-order valence-electron chi connectivity index (χ2n) is 5.06. The molecule has 0 spiro atoms. The molecule has 0 aliphatic heterocycles. The van der Waals surface area contributed by atoms with E-state index in [2.05, 4.69) is 5.32 Å². The van der Waals surface area contributed by atoms with E-state index in [0.717, 1.165) is 25.7 Å². The Morgan fingerprint density at radius 3 is 2.84 bits per heavy atom. The Morgan fingerprint density at radius 2 is 2.16 bits per heavy atom. The topological polar surface area (TPSA) is 75.4 Å². The monoisotopic (exact) mass is 282 g/mol. The molecule has 1 fully saturated rings. The van der Waals surface area contributed by atoms with Crippen LogP contribution in [0.5, 0.6) is 0 Å². The Kier molecular flexibility index (Phi) is 4.66. The van der Waals surface area contributed by atoms with Crippen molar-refractivity contribution in [3.8, 4) is 0 Å². The van der Waals surface area contributed by atoms with Gasteiger partial charge in [-0.05, 0) is 31.0 Å². The number of hydrogen-bond donors (Lipinski definition) is 3. The second-order valence-corrected chi connectivity index (χ2v) is 5.47. The number of amides is 1. The number of benzene rings is 1. The molecule has 2 atom stereocenters. The molecule has 1 aliphatic carbocycles. The third-order valence-electron chi connectivity index (χ3n) is 3.65. The SMILES string of the molecule is Nc1cc(C(=O)NCC2CCCCC2O)ccc1Cl. The molecule has 2 rings (SSSR count). The van der Waals surface area contributed by atoms with Gasteiger partial charge in [-0.3, -0.25) is 4.79 Å². The summed E-state index contributed by atoms with van der Waals surface area (Å²) in [4.78, 5) is 12.0. The Balaban J connectivity index is 1.91. The fourth-order valence-corrected chi connectivity index (χ4v) is 2.55. The summed E-state index contributed by atoms with van der Waals surface area (Å²) in [5.41, 5.74) is 6.56.